The van der Waals surface area contributed by atoms with Gasteiger partial charge in [0.15, 0.2) is 0 Å². The lowest BCUT2D eigenvalue weighted by Crippen LogP contribution is -2.31. The molecule has 150 valence electrons. The number of carbonyl (C=O) groups excluding carboxylic acids is 2. The van der Waals surface area contributed by atoms with Crippen LogP contribution in [0.3, 0.4) is 0 Å². The number of rotatable bonds is 8. The van der Waals surface area contributed by atoms with Crippen molar-refractivity contribution in [2.45, 2.75) is 26.4 Å². The Bertz CT molecular complexity index is 953. The van der Waals surface area contributed by atoms with E-state index in [-0.39, 0.29) is 11.8 Å². The maximum absolute atomic E-state index is 13.1. The Kier molecular flexibility index (Phi) is 7.03. The highest BCUT2D eigenvalue weighted by Crippen LogP contribution is 2.22. The van der Waals surface area contributed by atoms with Crippen LogP contribution < -0.4 is 10.1 Å². The van der Waals surface area contributed by atoms with Crippen molar-refractivity contribution < 1.29 is 14.3 Å². The number of nitrogens with zero attached hydrogens (tertiary/aromatic N) is 1. The highest BCUT2D eigenvalue weighted by molar-refractivity contribution is 7.09. The van der Waals surface area contributed by atoms with Crippen LogP contribution >= 0.6 is 11.3 Å². The highest BCUT2D eigenvalue weighted by Gasteiger charge is 2.17. The van der Waals surface area contributed by atoms with Crippen LogP contribution in [0.1, 0.15) is 22.9 Å². The first-order valence-electron chi connectivity index (χ1n) is 9.33. The molecule has 1 N–H and O–H groups in total. The van der Waals surface area contributed by atoms with Crippen LogP contribution in [0.25, 0.3) is 0 Å². The van der Waals surface area contributed by atoms with Gasteiger partial charge in [-0.05, 0) is 35.2 Å². The van der Waals surface area contributed by atoms with E-state index in [9.17, 15) is 9.59 Å². The molecule has 0 atom stereocenters. The van der Waals surface area contributed by atoms with Gasteiger partial charge in [-0.3, -0.25) is 9.59 Å². The van der Waals surface area contributed by atoms with Crippen LogP contribution in [0.2, 0.25) is 0 Å². The maximum Gasteiger partial charge on any atom is 0.227 e. The zero-order valence-electron chi connectivity index (χ0n) is 16.6. The Morgan fingerprint density at radius 3 is 2.41 bits per heavy atom. The SMILES string of the molecule is COc1ccccc1CN(Cc1cccs1)C(=O)Cc1ccc(NC(C)=O)cc1. The van der Waals surface area contributed by atoms with Gasteiger partial charge in [-0.2, -0.15) is 0 Å². The minimum absolute atomic E-state index is 0.0385. The predicted octanol–water partition coefficient (Wildman–Crippen LogP) is 4.49. The van der Waals surface area contributed by atoms with E-state index in [4.69, 9.17) is 4.74 Å². The molecule has 1 heterocycles. The molecular weight excluding hydrogens is 384 g/mol. The van der Waals surface area contributed by atoms with Crippen molar-refractivity contribution in [3.63, 3.8) is 0 Å². The second-order valence-corrected chi connectivity index (χ2v) is 7.73. The summed E-state index contributed by atoms with van der Waals surface area (Å²) in [6.45, 7) is 2.50. The number of hydrogen-bond donors (Lipinski definition) is 1. The number of amides is 2. The quantitative estimate of drug-likeness (QED) is 0.598. The number of carbonyl (C=O) groups is 2. The zero-order chi connectivity index (χ0) is 20.6. The van der Waals surface area contributed by atoms with Crippen LogP contribution in [-0.4, -0.2) is 23.8 Å². The van der Waals surface area contributed by atoms with Gasteiger partial charge in [0.1, 0.15) is 5.75 Å². The van der Waals surface area contributed by atoms with Gasteiger partial charge in [0.25, 0.3) is 0 Å². The van der Waals surface area contributed by atoms with Crippen molar-refractivity contribution >= 4 is 28.8 Å². The Morgan fingerprint density at radius 1 is 1.00 bits per heavy atom. The molecule has 0 spiro atoms. The van der Waals surface area contributed by atoms with Gasteiger partial charge in [0.05, 0.1) is 20.1 Å². The molecule has 0 aliphatic heterocycles. The van der Waals surface area contributed by atoms with Crippen molar-refractivity contribution in [1.82, 2.24) is 4.90 Å². The number of benzene rings is 2. The van der Waals surface area contributed by atoms with Crippen molar-refractivity contribution in [1.29, 1.82) is 0 Å². The number of thiophene rings is 1. The summed E-state index contributed by atoms with van der Waals surface area (Å²) >= 11 is 1.64. The van der Waals surface area contributed by atoms with Crippen LogP contribution in [-0.2, 0) is 29.1 Å². The molecule has 2 amide bonds. The van der Waals surface area contributed by atoms with E-state index >= 15 is 0 Å². The van der Waals surface area contributed by atoms with Crippen molar-refractivity contribution in [2.24, 2.45) is 0 Å². The third-order valence-electron chi connectivity index (χ3n) is 4.46. The number of ether oxygens (including phenoxy) is 1. The van der Waals surface area contributed by atoms with E-state index in [1.807, 2.05) is 70.9 Å². The summed E-state index contributed by atoms with van der Waals surface area (Å²) in [5.74, 6) is 0.695. The summed E-state index contributed by atoms with van der Waals surface area (Å²) in [4.78, 5) is 27.3. The van der Waals surface area contributed by atoms with Crippen molar-refractivity contribution in [2.75, 3.05) is 12.4 Å². The Balaban J connectivity index is 1.75. The van der Waals surface area contributed by atoms with Crippen molar-refractivity contribution in [3.8, 4) is 5.75 Å². The first-order chi connectivity index (χ1) is 14.0. The lowest BCUT2D eigenvalue weighted by atomic mass is 10.1. The van der Waals surface area contributed by atoms with E-state index in [1.54, 1.807) is 18.4 Å². The van der Waals surface area contributed by atoms with Gasteiger partial charge >= 0.3 is 0 Å². The molecule has 3 rings (SSSR count). The molecule has 0 bridgehead atoms. The molecule has 0 radical (unpaired) electrons. The molecule has 0 aliphatic carbocycles. The lowest BCUT2D eigenvalue weighted by molar-refractivity contribution is -0.131. The van der Waals surface area contributed by atoms with Gasteiger partial charge in [0.2, 0.25) is 11.8 Å². The van der Waals surface area contributed by atoms with Gasteiger partial charge in [-0.15, -0.1) is 11.3 Å². The predicted molar refractivity (Wildman–Crippen MR) is 116 cm³/mol. The minimum Gasteiger partial charge on any atom is -0.496 e. The van der Waals surface area contributed by atoms with Gasteiger partial charge in [-0.1, -0.05) is 36.4 Å². The normalized spacial score (nSPS) is 10.4. The molecule has 1 aromatic heterocycles. The molecule has 5 nitrogen and oxygen atoms in total. The largest absolute Gasteiger partial charge is 0.496 e. The lowest BCUT2D eigenvalue weighted by Gasteiger charge is -2.23. The van der Waals surface area contributed by atoms with E-state index < -0.39 is 0 Å². The van der Waals surface area contributed by atoms with Crippen LogP contribution in [0.5, 0.6) is 5.75 Å². The van der Waals surface area contributed by atoms with E-state index in [2.05, 4.69) is 5.32 Å². The fourth-order valence-corrected chi connectivity index (χ4v) is 3.78. The third kappa shape index (κ3) is 5.93. The van der Waals surface area contributed by atoms with Crippen LogP contribution in [0, 0.1) is 0 Å². The fourth-order valence-electron chi connectivity index (χ4n) is 3.06. The number of nitrogens with one attached hydrogen (secondary N) is 1. The maximum atomic E-state index is 13.1. The molecular formula is C23H24N2O3S. The van der Waals surface area contributed by atoms with E-state index in [0.717, 1.165) is 27.4 Å². The topological polar surface area (TPSA) is 58.6 Å². The second-order valence-electron chi connectivity index (χ2n) is 6.70. The average Bonchev–Trinajstić information content (AvgIpc) is 3.22. The molecule has 2 aromatic carbocycles. The summed E-state index contributed by atoms with van der Waals surface area (Å²) in [6.07, 6.45) is 0.293. The summed E-state index contributed by atoms with van der Waals surface area (Å²) < 4.78 is 5.45. The first kappa shape index (κ1) is 20.6. The summed E-state index contributed by atoms with van der Waals surface area (Å²) in [5.41, 5.74) is 2.60. The Morgan fingerprint density at radius 2 is 1.76 bits per heavy atom. The van der Waals surface area contributed by atoms with E-state index in [1.165, 1.54) is 6.92 Å². The van der Waals surface area contributed by atoms with Gasteiger partial charge < -0.3 is 15.0 Å². The monoisotopic (exact) mass is 408 g/mol. The Hall–Kier alpha value is -3.12. The zero-order valence-corrected chi connectivity index (χ0v) is 17.4. The molecule has 0 aliphatic rings. The number of para-hydroxylation sites is 1. The molecule has 0 saturated carbocycles. The third-order valence-corrected chi connectivity index (χ3v) is 5.32. The first-order valence-corrected chi connectivity index (χ1v) is 10.2. The van der Waals surface area contributed by atoms with Gasteiger partial charge in [0, 0.05) is 29.6 Å². The molecule has 0 saturated heterocycles. The van der Waals surface area contributed by atoms with Crippen LogP contribution in [0.4, 0.5) is 5.69 Å². The summed E-state index contributed by atoms with van der Waals surface area (Å²) in [6, 6.07) is 19.2. The molecule has 3 aromatic rings. The molecule has 29 heavy (non-hydrogen) atoms. The summed E-state index contributed by atoms with van der Waals surface area (Å²) in [7, 11) is 1.64. The average molecular weight is 409 g/mol. The number of anilines is 1. The van der Waals surface area contributed by atoms with E-state index in [0.29, 0.717) is 19.5 Å². The second kappa shape index (κ2) is 9.89. The van der Waals surface area contributed by atoms with Crippen LogP contribution in [0.15, 0.2) is 66.0 Å². The highest BCUT2D eigenvalue weighted by atomic mass is 32.1. The standard InChI is InChI=1S/C23H24N2O3S/c1-17(26)24-20-11-9-18(10-12-20)14-23(27)25(16-21-7-5-13-29-21)15-19-6-3-4-8-22(19)28-2/h3-13H,14-16H2,1-2H3,(H,24,26). The smallest absolute Gasteiger partial charge is 0.227 e. The Labute approximate surface area is 174 Å². The summed E-state index contributed by atoms with van der Waals surface area (Å²) in [5, 5.41) is 4.75. The molecule has 0 unspecified atom stereocenters. The minimum atomic E-state index is -0.118. The van der Waals surface area contributed by atoms with Gasteiger partial charge in [-0.25, -0.2) is 0 Å². The molecule has 6 heteroatoms. The molecule has 0 fully saturated rings. The number of hydrogen-bond acceptors (Lipinski definition) is 4. The number of methoxy groups -OCH3 is 1. The fraction of sp³-hybridized carbons (Fsp3) is 0.217. The van der Waals surface area contributed by atoms with Crippen molar-refractivity contribution in [3.05, 3.63) is 82.0 Å².